The monoisotopic (exact) mass is 344 g/mol. The van der Waals surface area contributed by atoms with Crippen molar-refractivity contribution in [3.05, 3.63) is 29.3 Å². The summed E-state index contributed by atoms with van der Waals surface area (Å²) >= 11 is 0. The van der Waals surface area contributed by atoms with Crippen molar-refractivity contribution in [3.8, 4) is 0 Å². The summed E-state index contributed by atoms with van der Waals surface area (Å²) in [5.74, 6) is 0.906. The molecule has 0 spiro atoms. The topological polar surface area (TPSA) is 32.3 Å². The van der Waals surface area contributed by atoms with Crippen molar-refractivity contribution in [2.75, 3.05) is 18.9 Å². The number of carbonyl (C=O) groups is 1. The first kappa shape index (κ1) is 20.0. The maximum absolute atomic E-state index is 12.7. The van der Waals surface area contributed by atoms with E-state index in [1.54, 1.807) is 0 Å². The summed E-state index contributed by atoms with van der Waals surface area (Å²) in [6, 6.07) is 6.94. The maximum atomic E-state index is 12.7. The van der Waals surface area contributed by atoms with E-state index in [9.17, 15) is 4.79 Å². The van der Waals surface area contributed by atoms with E-state index < -0.39 is 0 Å². The van der Waals surface area contributed by atoms with Crippen LogP contribution in [0.2, 0.25) is 0 Å². The van der Waals surface area contributed by atoms with Crippen molar-refractivity contribution < 1.29 is 4.79 Å². The molecule has 0 aliphatic heterocycles. The van der Waals surface area contributed by atoms with E-state index in [0.29, 0.717) is 24.4 Å². The second kappa shape index (κ2) is 9.38. The predicted octanol–water partition coefficient (Wildman–Crippen LogP) is 5.53. The van der Waals surface area contributed by atoms with Gasteiger partial charge < -0.3 is 5.32 Å². The Kier molecular flexibility index (Phi) is 7.49. The number of rotatable bonds is 6. The van der Waals surface area contributed by atoms with E-state index in [4.69, 9.17) is 0 Å². The zero-order chi connectivity index (χ0) is 18.4. The third-order valence-electron chi connectivity index (χ3n) is 5.48. The minimum absolute atomic E-state index is 0.113. The summed E-state index contributed by atoms with van der Waals surface area (Å²) in [5.41, 5.74) is 3.50. The number of hydrogen-bond donors (Lipinski definition) is 1. The number of likely N-dealkylation sites (N-methyl/N-ethyl adjacent to an activating group) is 1. The molecule has 0 unspecified atom stereocenters. The van der Waals surface area contributed by atoms with Crippen LogP contribution in [-0.2, 0) is 4.79 Å². The molecule has 1 aromatic rings. The van der Waals surface area contributed by atoms with E-state index in [1.807, 2.05) is 0 Å². The van der Waals surface area contributed by atoms with Crippen molar-refractivity contribution in [1.82, 2.24) is 4.90 Å². The number of benzene rings is 1. The smallest absolute Gasteiger partial charge is 0.238 e. The first-order valence-corrected chi connectivity index (χ1v) is 10.0. The third-order valence-corrected chi connectivity index (χ3v) is 5.48. The first-order valence-electron chi connectivity index (χ1n) is 10.0. The van der Waals surface area contributed by atoms with Gasteiger partial charge in [-0.15, -0.1) is 0 Å². The lowest BCUT2D eigenvalue weighted by Gasteiger charge is -2.27. The van der Waals surface area contributed by atoms with Gasteiger partial charge in [0.15, 0.2) is 0 Å². The van der Waals surface area contributed by atoms with Crippen LogP contribution in [-0.4, -0.2) is 30.4 Å². The van der Waals surface area contributed by atoms with Gasteiger partial charge in [-0.05, 0) is 42.9 Å². The largest absolute Gasteiger partial charge is 0.324 e. The number of para-hydroxylation sites is 1. The molecule has 1 saturated carbocycles. The van der Waals surface area contributed by atoms with Crippen LogP contribution in [0.4, 0.5) is 5.69 Å². The van der Waals surface area contributed by atoms with Crippen molar-refractivity contribution in [2.45, 2.75) is 84.1 Å². The highest BCUT2D eigenvalue weighted by Gasteiger charge is 2.21. The molecule has 0 radical (unpaired) electrons. The van der Waals surface area contributed by atoms with Crippen molar-refractivity contribution in [3.63, 3.8) is 0 Å². The lowest BCUT2D eigenvalue weighted by atomic mass is 9.92. The average molecular weight is 345 g/mol. The summed E-state index contributed by atoms with van der Waals surface area (Å²) in [6.45, 7) is 9.23. The molecule has 2 rings (SSSR count). The molecule has 1 N–H and O–H groups in total. The summed E-state index contributed by atoms with van der Waals surface area (Å²) in [6.07, 6.45) is 7.73. The van der Waals surface area contributed by atoms with Gasteiger partial charge in [-0.25, -0.2) is 0 Å². The molecule has 1 amide bonds. The van der Waals surface area contributed by atoms with Crippen molar-refractivity contribution in [1.29, 1.82) is 0 Å². The van der Waals surface area contributed by atoms with Crippen LogP contribution < -0.4 is 5.32 Å². The summed E-state index contributed by atoms with van der Waals surface area (Å²) in [5, 5.41) is 3.25. The molecule has 0 aromatic heterocycles. The lowest BCUT2D eigenvalue weighted by molar-refractivity contribution is -0.117. The molecule has 1 aliphatic carbocycles. The van der Waals surface area contributed by atoms with Crippen molar-refractivity contribution in [2.24, 2.45) is 0 Å². The molecule has 1 fully saturated rings. The molecule has 25 heavy (non-hydrogen) atoms. The molecule has 0 bridgehead atoms. The van der Waals surface area contributed by atoms with Gasteiger partial charge in [0, 0.05) is 11.7 Å². The fourth-order valence-electron chi connectivity index (χ4n) is 3.93. The molecule has 3 nitrogen and oxygen atoms in total. The molecular formula is C22H36N2O. The second-order valence-corrected chi connectivity index (χ2v) is 8.23. The third kappa shape index (κ3) is 5.57. The Morgan fingerprint density at radius 3 is 2.04 bits per heavy atom. The van der Waals surface area contributed by atoms with E-state index in [2.05, 4.69) is 63.2 Å². The molecule has 140 valence electrons. The maximum Gasteiger partial charge on any atom is 0.238 e. The highest BCUT2D eigenvalue weighted by molar-refractivity contribution is 5.94. The number of nitrogens with zero attached hydrogens (tertiary/aromatic N) is 1. The first-order chi connectivity index (χ1) is 11.9. The van der Waals surface area contributed by atoms with Gasteiger partial charge in [-0.3, -0.25) is 9.69 Å². The number of amides is 1. The van der Waals surface area contributed by atoms with Crippen molar-refractivity contribution >= 4 is 11.6 Å². The van der Waals surface area contributed by atoms with Gasteiger partial charge in [-0.2, -0.15) is 0 Å². The Hall–Kier alpha value is -1.35. The number of hydrogen-bond acceptors (Lipinski definition) is 2. The Bertz CT molecular complexity index is 531. The zero-order valence-electron chi connectivity index (χ0n) is 16.8. The number of anilines is 1. The Morgan fingerprint density at radius 2 is 1.56 bits per heavy atom. The van der Waals surface area contributed by atoms with Crippen LogP contribution >= 0.6 is 0 Å². The van der Waals surface area contributed by atoms with E-state index >= 15 is 0 Å². The standard InChI is InChI=1S/C22H36N2O/c1-16(2)19-13-10-14-20(17(3)4)22(19)23-21(25)15-24(5)18-11-8-6-7-9-12-18/h10,13-14,16-18H,6-9,11-12,15H2,1-5H3,(H,23,25). The lowest BCUT2D eigenvalue weighted by Crippen LogP contribution is -2.38. The highest BCUT2D eigenvalue weighted by atomic mass is 16.2. The Balaban J connectivity index is 2.09. The molecule has 1 aliphatic rings. The van der Waals surface area contributed by atoms with E-state index in [-0.39, 0.29) is 5.91 Å². The van der Waals surface area contributed by atoms with Gasteiger partial charge in [-0.1, -0.05) is 71.6 Å². The average Bonchev–Trinajstić information content (AvgIpc) is 2.83. The highest BCUT2D eigenvalue weighted by Crippen LogP contribution is 2.32. The molecule has 0 atom stereocenters. The molecular weight excluding hydrogens is 308 g/mol. The van der Waals surface area contributed by atoms with E-state index in [0.717, 1.165) is 5.69 Å². The zero-order valence-corrected chi connectivity index (χ0v) is 16.8. The van der Waals surface area contributed by atoms with Gasteiger partial charge in [0.1, 0.15) is 0 Å². The summed E-state index contributed by atoms with van der Waals surface area (Å²) in [4.78, 5) is 15.0. The normalized spacial score (nSPS) is 16.5. The van der Waals surface area contributed by atoms with Crippen LogP contribution in [0, 0.1) is 0 Å². The van der Waals surface area contributed by atoms with Gasteiger partial charge in [0.2, 0.25) is 5.91 Å². The van der Waals surface area contributed by atoms with Gasteiger partial charge in [0.25, 0.3) is 0 Å². The Labute approximate surface area is 154 Å². The van der Waals surface area contributed by atoms with Gasteiger partial charge in [0.05, 0.1) is 6.54 Å². The predicted molar refractivity (Wildman–Crippen MR) is 107 cm³/mol. The summed E-state index contributed by atoms with van der Waals surface area (Å²) in [7, 11) is 2.10. The van der Waals surface area contributed by atoms with Crippen LogP contribution in [0.1, 0.15) is 89.2 Å². The van der Waals surface area contributed by atoms with Crippen LogP contribution in [0.5, 0.6) is 0 Å². The molecule has 0 saturated heterocycles. The molecule has 3 heteroatoms. The SMILES string of the molecule is CC(C)c1cccc(C(C)C)c1NC(=O)CN(C)C1CCCCCC1. The fraction of sp³-hybridized carbons (Fsp3) is 0.682. The Morgan fingerprint density at radius 1 is 1.04 bits per heavy atom. The van der Waals surface area contributed by atoms with Gasteiger partial charge >= 0.3 is 0 Å². The van der Waals surface area contributed by atoms with Crippen LogP contribution in [0.15, 0.2) is 18.2 Å². The second-order valence-electron chi connectivity index (χ2n) is 8.23. The number of nitrogens with one attached hydrogen (secondary N) is 1. The summed E-state index contributed by atoms with van der Waals surface area (Å²) < 4.78 is 0. The van der Waals surface area contributed by atoms with Crippen LogP contribution in [0.25, 0.3) is 0 Å². The molecule has 0 heterocycles. The minimum atomic E-state index is 0.113. The number of carbonyl (C=O) groups excluding carboxylic acids is 1. The quantitative estimate of drug-likeness (QED) is 0.688. The molecule has 1 aromatic carbocycles. The van der Waals surface area contributed by atoms with Crippen LogP contribution in [0.3, 0.4) is 0 Å². The van der Waals surface area contributed by atoms with E-state index in [1.165, 1.54) is 49.7 Å². The minimum Gasteiger partial charge on any atom is -0.324 e. The fourth-order valence-corrected chi connectivity index (χ4v) is 3.93.